The standard InChI is InChI=1S/C20H22N4O3S/c1-14-7-6-11-24-18(14)21-17(15-8-4-3-5-9-15)19(24)22-20(25)23(2)16-10-12-28(26,27)13-16/h3-9,11,16H,10,12-13H2,1-2H3,(H,22,25). The molecule has 1 aromatic carbocycles. The molecule has 4 rings (SSSR count). The molecule has 0 aliphatic carbocycles. The second-order valence-corrected chi connectivity index (χ2v) is 9.39. The number of nitrogens with zero attached hydrogens (tertiary/aromatic N) is 3. The van der Waals surface area contributed by atoms with E-state index in [1.807, 2.05) is 60.0 Å². The maximum atomic E-state index is 12.9. The van der Waals surface area contributed by atoms with Gasteiger partial charge in [0.25, 0.3) is 0 Å². The van der Waals surface area contributed by atoms with Crippen LogP contribution in [0.3, 0.4) is 0 Å². The number of hydrogen-bond acceptors (Lipinski definition) is 4. The Hall–Kier alpha value is -2.87. The molecule has 2 aromatic heterocycles. The number of benzene rings is 1. The van der Waals surface area contributed by atoms with Crippen molar-refractivity contribution in [1.29, 1.82) is 0 Å². The van der Waals surface area contributed by atoms with E-state index in [1.54, 1.807) is 7.05 Å². The maximum Gasteiger partial charge on any atom is 0.323 e. The van der Waals surface area contributed by atoms with Gasteiger partial charge in [0.05, 0.1) is 11.5 Å². The second kappa shape index (κ2) is 6.94. The number of hydrogen-bond donors (Lipinski definition) is 1. The van der Waals surface area contributed by atoms with Crippen LogP contribution >= 0.6 is 0 Å². The van der Waals surface area contributed by atoms with Crippen molar-refractivity contribution >= 4 is 27.3 Å². The van der Waals surface area contributed by atoms with Crippen LogP contribution in [0.4, 0.5) is 10.6 Å². The molecule has 2 amide bonds. The van der Waals surface area contributed by atoms with Crippen molar-refractivity contribution in [3.05, 3.63) is 54.2 Å². The number of anilines is 1. The first-order valence-corrected chi connectivity index (χ1v) is 11.0. The van der Waals surface area contributed by atoms with Crippen molar-refractivity contribution in [1.82, 2.24) is 14.3 Å². The molecule has 0 spiro atoms. The van der Waals surface area contributed by atoms with E-state index in [1.165, 1.54) is 4.90 Å². The van der Waals surface area contributed by atoms with Gasteiger partial charge in [-0.3, -0.25) is 9.72 Å². The van der Waals surface area contributed by atoms with E-state index in [0.29, 0.717) is 17.9 Å². The molecular formula is C20H22N4O3S. The summed E-state index contributed by atoms with van der Waals surface area (Å²) in [4.78, 5) is 19.1. The van der Waals surface area contributed by atoms with Gasteiger partial charge in [-0.1, -0.05) is 36.4 Å². The molecule has 0 saturated carbocycles. The van der Waals surface area contributed by atoms with E-state index in [-0.39, 0.29) is 23.6 Å². The number of carbonyl (C=O) groups is 1. The fourth-order valence-corrected chi connectivity index (χ4v) is 5.33. The number of rotatable bonds is 3. The monoisotopic (exact) mass is 398 g/mol. The molecule has 0 bridgehead atoms. The van der Waals surface area contributed by atoms with Gasteiger partial charge in [0, 0.05) is 24.8 Å². The summed E-state index contributed by atoms with van der Waals surface area (Å²) in [6.07, 6.45) is 2.32. The Labute approximate surface area is 163 Å². The molecule has 7 nitrogen and oxygen atoms in total. The van der Waals surface area contributed by atoms with Crippen LogP contribution in [-0.2, 0) is 9.84 Å². The Morgan fingerprint density at radius 3 is 2.64 bits per heavy atom. The number of aryl methyl sites for hydroxylation is 1. The summed E-state index contributed by atoms with van der Waals surface area (Å²) in [6, 6.07) is 12.9. The Bertz CT molecular complexity index is 1140. The van der Waals surface area contributed by atoms with E-state index in [2.05, 4.69) is 5.32 Å². The van der Waals surface area contributed by atoms with Crippen LogP contribution in [0, 0.1) is 6.92 Å². The quantitative estimate of drug-likeness (QED) is 0.735. The lowest BCUT2D eigenvalue weighted by atomic mass is 10.1. The minimum absolute atomic E-state index is 0.00865. The van der Waals surface area contributed by atoms with Crippen LogP contribution in [0.5, 0.6) is 0 Å². The Morgan fingerprint density at radius 1 is 1.21 bits per heavy atom. The molecule has 1 aliphatic rings. The van der Waals surface area contributed by atoms with Crippen LogP contribution in [0.15, 0.2) is 48.7 Å². The molecule has 146 valence electrons. The molecule has 3 heterocycles. The smallest absolute Gasteiger partial charge is 0.323 e. The summed E-state index contributed by atoms with van der Waals surface area (Å²) in [6.45, 7) is 1.97. The zero-order valence-electron chi connectivity index (χ0n) is 15.8. The number of sulfone groups is 1. The number of aromatic nitrogens is 2. The van der Waals surface area contributed by atoms with E-state index in [9.17, 15) is 13.2 Å². The Morgan fingerprint density at radius 2 is 1.96 bits per heavy atom. The van der Waals surface area contributed by atoms with Gasteiger partial charge in [-0.25, -0.2) is 18.2 Å². The molecule has 8 heteroatoms. The van der Waals surface area contributed by atoms with Crippen molar-refractivity contribution in [2.24, 2.45) is 0 Å². The summed E-state index contributed by atoms with van der Waals surface area (Å²) in [7, 11) is -1.43. The van der Waals surface area contributed by atoms with Crippen LogP contribution < -0.4 is 5.32 Å². The largest absolute Gasteiger partial charge is 0.324 e. The minimum atomic E-state index is -3.07. The van der Waals surface area contributed by atoms with E-state index >= 15 is 0 Å². The molecule has 3 aromatic rings. The third kappa shape index (κ3) is 3.35. The van der Waals surface area contributed by atoms with Crippen LogP contribution in [-0.4, -0.2) is 53.3 Å². The van der Waals surface area contributed by atoms with Gasteiger partial charge in [0.2, 0.25) is 0 Å². The molecule has 1 aliphatic heterocycles. The minimum Gasteiger partial charge on any atom is -0.324 e. The summed E-state index contributed by atoms with van der Waals surface area (Å²) in [5.41, 5.74) is 3.33. The zero-order valence-corrected chi connectivity index (χ0v) is 16.6. The average Bonchev–Trinajstić information content (AvgIpc) is 3.23. The van der Waals surface area contributed by atoms with Crippen molar-refractivity contribution in [2.45, 2.75) is 19.4 Å². The molecule has 28 heavy (non-hydrogen) atoms. The second-order valence-electron chi connectivity index (χ2n) is 7.16. The highest BCUT2D eigenvalue weighted by atomic mass is 32.2. The topological polar surface area (TPSA) is 83.8 Å². The predicted molar refractivity (Wildman–Crippen MR) is 109 cm³/mol. The normalized spacial score (nSPS) is 18.3. The average molecular weight is 398 g/mol. The Kier molecular flexibility index (Phi) is 4.58. The van der Waals surface area contributed by atoms with E-state index in [4.69, 9.17) is 4.98 Å². The van der Waals surface area contributed by atoms with Gasteiger partial charge in [-0.15, -0.1) is 0 Å². The third-order valence-corrected chi connectivity index (χ3v) is 6.94. The lowest BCUT2D eigenvalue weighted by Gasteiger charge is -2.23. The van der Waals surface area contributed by atoms with Gasteiger partial charge < -0.3 is 4.90 Å². The summed E-state index contributed by atoms with van der Waals surface area (Å²) >= 11 is 0. The van der Waals surface area contributed by atoms with Gasteiger partial charge in [0.15, 0.2) is 9.84 Å². The van der Waals surface area contributed by atoms with Crippen molar-refractivity contribution in [3.63, 3.8) is 0 Å². The number of imidazole rings is 1. The number of fused-ring (bicyclic) bond motifs is 1. The molecule has 1 fully saturated rings. The molecule has 0 radical (unpaired) electrons. The van der Waals surface area contributed by atoms with Crippen LogP contribution in [0.1, 0.15) is 12.0 Å². The number of pyridine rings is 1. The first-order chi connectivity index (χ1) is 13.4. The van der Waals surface area contributed by atoms with Crippen LogP contribution in [0.25, 0.3) is 16.9 Å². The summed E-state index contributed by atoms with van der Waals surface area (Å²) in [5.74, 6) is 0.705. The van der Waals surface area contributed by atoms with Gasteiger partial charge >= 0.3 is 6.03 Å². The van der Waals surface area contributed by atoms with Gasteiger partial charge in [-0.05, 0) is 25.0 Å². The fraction of sp³-hybridized carbons (Fsp3) is 0.300. The highest BCUT2D eigenvalue weighted by molar-refractivity contribution is 7.91. The molecule has 1 unspecified atom stereocenters. The SMILES string of the molecule is Cc1cccn2c(NC(=O)N(C)C3CCS(=O)(=O)C3)c(-c3ccccc3)nc12. The molecular weight excluding hydrogens is 376 g/mol. The first kappa shape index (κ1) is 18.5. The first-order valence-electron chi connectivity index (χ1n) is 9.13. The fourth-order valence-electron chi connectivity index (χ4n) is 3.56. The molecule has 1 saturated heterocycles. The van der Waals surface area contributed by atoms with E-state index in [0.717, 1.165) is 16.8 Å². The Balaban J connectivity index is 1.71. The number of carbonyl (C=O) groups excluding carboxylic acids is 1. The lowest BCUT2D eigenvalue weighted by molar-refractivity contribution is 0.209. The van der Waals surface area contributed by atoms with Crippen molar-refractivity contribution in [2.75, 3.05) is 23.9 Å². The van der Waals surface area contributed by atoms with Crippen molar-refractivity contribution < 1.29 is 13.2 Å². The lowest BCUT2D eigenvalue weighted by Crippen LogP contribution is -2.40. The van der Waals surface area contributed by atoms with Gasteiger partial charge in [0.1, 0.15) is 17.2 Å². The maximum absolute atomic E-state index is 12.9. The third-order valence-electron chi connectivity index (χ3n) is 5.19. The number of urea groups is 1. The number of amides is 2. The highest BCUT2D eigenvalue weighted by Gasteiger charge is 2.33. The zero-order chi connectivity index (χ0) is 19.9. The predicted octanol–water partition coefficient (Wildman–Crippen LogP) is 2.96. The molecule has 1 atom stereocenters. The summed E-state index contributed by atoms with van der Waals surface area (Å²) in [5, 5.41) is 2.96. The summed E-state index contributed by atoms with van der Waals surface area (Å²) < 4.78 is 25.4. The highest BCUT2D eigenvalue weighted by Crippen LogP contribution is 2.30. The van der Waals surface area contributed by atoms with Crippen LogP contribution in [0.2, 0.25) is 0 Å². The molecule has 1 N–H and O–H groups in total. The van der Waals surface area contributed by atoms with E-state index < -0.39 is 9.84 Å². The van der Waals surface area contributed by atoms with Gasteiger partial charge in [-0.2, -0.15) is 0 Å². The number of nitrogens with one attached hydrogen (secondary N) is 1. The van der Waals surface area contributed by atoms with Crippen molar-refractivity contribution in [3.8, 4) is 11.3 Å².